The van der Waals surface area contributed by atoms with Crippen LogP contribution in [-0.4, -0.2) is 41.3 Å². The van der Waals surface area contributed by atoms with E-state index in [9.17, 15) is 19.5 Å². The number of hydrogen-bond donors (Lipinski definition) is 2. The molecule has 1 aliphatic carbocycles. The molecule has 1 aromatic rings. The number of unbranched alkanes of at least 4 members (excludes halogenated alkanes) is 1. The van der Waals surface area contributed by atoms with Crippen LogP contribution in [0, 0.1) is 0 Å². The summed E-state index contributed by atoms with van der Waals surface area (Å²) in [6.45, 7) is 1.79. The van der Waals surface area contributed by atoms with Gasteiger partial charge in [0.05, 0.1) is 24.8 Å². The average Bonchev–Trinajstić information content (AvgIpc) is 2.62. The second-order valence-corrected chi connectivity index (χ2v) is 5.97. The number of phenolic OH excluding ortho intramolecular Hbond substituents is 1. The SMILES string of the molecule is CCCCC(=O)c1c(C/C=C/CO)cc2c(c1O)C(=O)C=C(OC)C2=O. The first kappa shape index (κ1) is 19.6. The predicted octanol–water partition coefficient (Wildman–Crippen LogP) is 2.77. The molecule has 138 valence electrons. The Morgan fingerprint density at radius 1 is 1.27 bits per heavy atom. The van der Waals surface area contributed by atoms with Gasteiger partial charge in [-0.2, -0.15) is 0 Å². The Bertz CT molecular complexity index is 801. The molecule has 0 radical (unpaired) electrons. The lowest BCUT2D eigenvalue weighted by atomic mass is 9.85. The van der Waals surface area contributed by atoms with Crippen LogP contribution in [0.1, 0.15) is 62.8 Å². The molecular formula is C20H22O6. The predicted molar refractivity (Wildman–Crippen MR) is 95.6 cm³/mol. The van der Waals surface area contributed by atoms with E-state index in [2.05, 4.69) is 0 Å². The normalized spacial score (nSPS) is 13.7. The molecule has 0 spiro atoms. The number of fused-ring (bicyclic) bond motifs is 1. The third-order valence-corrected chi connectivity index (χ3v) is 4.23. The van der Waals surface area contributed by atoms with E-state index in [1.807, 2.05) is 6.92 Å². The van der Waals surface area contributed by atoms with E-state index in [0.717, 1.165) is 12.5 Å². The van der Waals surface area contributed by atoms with Gasteiger partial charge in [-0.1, -0.05) is 25.5 Å². The zero-order valence-electron chi connectivity index (χ0n) is 14.9. The van der Waals surface area contributed by atoms with Gasteiger partial charge in [-0.3, -0.25) is 14.4 Å². The number of allylic oxidation sites excluding steroid dienone is 3. The first-order valence-electron chi connectivity index (χ1n) is 8.48. The number of ether oxygens (including phenoxy) is 1. The molecule has 0 saturated carbocycles. The van der Waals surface area contributed by atoms with Gasteiger partial charge < -0.3 is 14.9 Å². The summed E-state index contributed by atoms with van der Waals surface area (Å²) < 4.78 is 4.93. The fraction of sp³-hybridized carbons (Fsp3) is 0.350. The number of carbonyl (C=O) groups excluding carboxylic acids is 3. The minimum Gasteiger partial charge on any atom is -0.506 e. The largest absolute Gasteiger partial charge is 0.506 e. The Labute approximate surface area is 151 Å². The van der Waals surface area contributed by atoms with Crippen LogP contribution in [0.4, 0.5) is 0 Å². The van der Waals surface area contributed by atoms with Gasteiger partial charge in [0.15, 0.2) is 17.3 Å². The standard InChI is InChI=1S/C20H22O6/c1-3-4-8-14(22)17-12(7-5-6-9-21)10-13-18(20(17)25)15(23)11-16(26-2)19(13)24/h5-6,10-11,21,25H,3-4,7-9H2,1-2H3/b6-5+. The van der Waals surface area contributed by atoms with Crippen LogP contribution in [0.5, 0.6) is 5.75 Å². The highest BCUT2D eigenvalue weighted by molar-refractivity contribution is 6.26. The molecule has 6 heteroatoms. The molecule has 6 nitrogen and oxygen atoms in total. The number of hydrogen-bond acceptors (Lipinski definition) is 6. The fourth-order valence-corrected chi connectivity index (χ4v) is 2.91. The first-order chi connectivity index (χ1) is 12.5. The van der Waals surface area contributed by atoms with E-state index in [0.29, 0.717) is 12.0 Å². The van der Waals surface area contributed by atoms with Gasteiger partial charge >= 0.3 is 0 Å². The summed E-state index contributed by atoms with van der Waals surface area (Å²) in [7, 11) is 1.29. The second kappa shape index (κ2) is 8.58. The molecule has 26 heavy (non-hydrogen) atoms. The smallest absolute Gasteiger partial charge is 0.228 e. The topological polar surface area (TPSA) is 101 Å². The number of phenols is 1. The van der Waals surface area contributed by atoms with E-state index in [4.69, 9.17) is 9.84 Å². The van der Waals surface area contributed by atoms with E-state index in [1.54, 1.807) is 6.08 Å². The molecule has 2 N–H and O–H groups in total. The second-order valence-electron chi connectivity index (χ2n) is 5.97. The molecule has 0 aliphatic heterocycles. The number of rotatable bonds is 8. The summed E-state index contributed by atoms with van der Waals surface area (Å²) in [5, 5.41) is 19.6. The molecule has 0 amide bonds. The number of aliphatic hydroxyl groups is 1. The molecule has 0 heterocycles. The van der Waals surface area contributed by atoms with E-state index < -0.39 is 17.3 Å². The van der Waals surface area contributed by atoms with Crippen molar-refractivity contribution in [1.82, 2.24) is 0 Å². The number of methoxy groups -OCH3 is 1. The summed E-state index contributed by atoms with van der Waals surface area (Å²) in [6, 6.07) is 1.46. The van der Waals surface area contributed by atoms with Crippen LogP contribution in [-0.2, 0) is 11.2 Å². The van der Waals surface area contributed by atoms with E-state index in [-0.39, 0.29) is 47.7 Å². The van der Waals surface area contributed by atoms with Crippen LogP contribution < -0.4 is 0 Å². The van der Waals surface area contributed by atoms with Crippen LogP contribution in [0.3, 0.4) is 0 Å². The van der Waals surface area contributed by atoms with Crippen molar-refractivity contribution in [3.63, 3.8) is 0 Å². The number of Topliss-reactive ketones (excluding diaryl/α,β-unsaturated/α-hetero) is 2. The number of aliphatic hydroxyl groups excluding tert-OH is 1. The molecule has 0 fully saturated rings. The zero-order chi connectivity index (χ0) is 19.3. The number of carbonyl (C=O) groups is 3. The van der Waals surface area contributed by atoms with Gasteiger partial charge in [-0.15, -0.1) is 0 Å². The van der Waals surface area contributed by atoms with Crippen molar-refractivity contribution in [3.05, 3.63) is 52.3 Å². The molecule has 0 unspecified atom stereocenters. The summed E-state index contributed by atoms with van der Waals surface area (Å²) in [5.74, 6) is -1.93. The van der Waals surface area contributed by atoms with Crippen LogP contribution in [0.2, 0.25) is 0 Å². The Kier molecular flexibility index (Phi) is 6.46. The Hall–Kier alpha value is -2.73. The third kappa shape index (κ3) is 3.75. The van der Waals surface area contributed by atoms with E-state index >= 15 is 0 Å². The lowest BCUT2D eigenvalue weighted by Gasteiger charge is -2.19. The van der Waals surface area contributed by atoms with Gasteiger partial charge in [-0.25, -0.2) is 0 Å². The maximum Gasteiger partial charge on any atom is 0.228 e. The van der Waals surface area contributed by atoms with Crippen molar-refractivity contribution in [3.8, 4) is 5.75 Å². The Balaban J connectivity index is 2.63. The summed E-state index contributed by atoms with van der Waals surface area (Å²) >= 11 is 0. The van der Waals surface area contributed by atoms with Gasteiger partial charge in [0.25, 0.3) is 0 Å². The van der Waals surface area contributed by atoms with Crippen LogP contribution in [0.15, 0.2) is 30.1 Å². The maximum absolute atomic E-state index is 12.6. The van der Waals surface area contributed by atoms with Crippen molar-refractivity contribution in [2.75, 3.05) is 13.7 Å². The fourth-order valence-electron chi connectivity index (χ4n) is 2.91. The van der Waals surface area contributed by atoms with E-state index in [1.165, 1.54) is 19.3 Å². The van der Waals surface area contributed by atoms with Gasteiger partial charge in [0, 0.05) is 18.1 Å². The zero-order valence-corrected chi connectivity index (χ0v) is 14.9. The Morgan fingerprint density at radius 2 is 2.00 bits per heavy atom. The minimum absolute atomic E-state index is 0.0197. The van der Waals surface area contributed by atoms with Crippen molar-refractivity contribution in [2.45, 2.75) is 32.6 Å². The highest BCUT2D eigenvalue weighted by atomic mass is 16.5. The van der Waals surface area contributed by atoms with Gasteiger partial charge in [0.1, 0.15) is 5.75 Å². The Morgan fingerprint density at radius 3 is 2.62 bits per heavy atom. The maximum atomic E-state index is 12.6. The average molecular weight is 358 g/mol. The highest BCUT2D eigenvalue weighted by Gasteiger charge is 2.33. The molecule has 0 aromatic heterocycles. The molecule has 2 rings (SSSR count). The monoisotopic (exact) mass is 358 g/mol. The van der Waals surface area contributed by atoms with Crippen molar-refractivity contribution in [2.24, 2.45) is 0 Å². The van der Waals surface area contributed by atoms with Gasteiger partial charge in [0.2, 0.25) is 5.78 Å². The van der Waals surface area contributed by atoms with Crippen molar-refractivity contribution >= 4 is 17.3 Å². The van der Waals surface area contributed by atoms with Crippen LogP contribution in [0.25, 0.3) is 0 Å². The third-order valence-electron chi connectivity index (χ3n) is 4.23. The number of ketones is 3. The highest BCUT2D eigenvalue weighted by Crippen LogP contribution is 2.35. The molecule has 0 saturated heterocycles. The molecule has 1 aliphatic rings. The van der Waals surface area contributed by atoms with Gasteiger partial charge in [-0.05, 0) is 24.5 Å². The lowest BCUT2D eigenvalue weighted by Crippen LogP contribution is -2.20. The summed E-state index contributed by atoms with van der Waals surface area (Å²) in [5.41, 5.74) is 0.359. The minimum atomic E-state index is -0.573. The van der Waals surface area contributed by atoms with Crippen molar-refractivity contribution in [1.29, 1.82) is 0 Å². The molecule has 0 bridgehead atoms. The quantitative estimate of drug-likeness (QED) is 0.547. The molecular weight excluding hydrogens is 336 g/mol. The molecule has 0 atom stereocenters. The molecule has 1 aromatic carbocycles. The van der Waals surface area contributed by atoms with Crippen molar-refractivity contribution < 1.29 is 29.3 Å². The van der Waals surface area contributed by atoms with Crippen LogP contribution >= 0.6 is 0 Å². The number of benzene rings is 1. The summed E-state index contributed by atoms with van der Waals surface area (Å²) in [4.78, 5) is 37.4. The first-order valence-corrected chi connectivity index (χ1v) is 8.48. The number of aromatic hydroxyl groups is 1. The lowest BCUT2D eigenvalue weighted by molar-refractivity contribution is 0.0913. The summed E-state index contributed by atoms with van der Waals surface area (Å²) in [6.07, 6.45) is 6.11.